The van der Waals surface area contributed by atoms with Gasteiger partial charge >= 0.3 is 12.1 Å². The van der Waals surface area contributed by atoms with Crippen molar-refractivity contribution >= 4 is 5.97 Å². The summed E-state index contributed by atoms with van der Waals surface area (Å²) in [4.78, 5) is 11.1. The molecule has 4 nitrogen and oxygen atoms in total. The van der Waals surface area contributed by atoms with E-state index in [9.17, 15) is 18.0 Å². The van der Waals surface area contributed by atoms with Crippen LogP contribution in [0.3, 0.4) is 0 Å². The van der Waals surface area contributed by atoms with Gasteiger partial charge in [-0.2, -0.15) is 13.2 Å². The van der Waals surface area contributed by atoms with E-state index in [0.717, 1.165) is 18.6 Å². The first kappa shape index (κ1) is 22.2. The maximum atomic E-state index is 13.0. The maximum Gasteiger partial charge on any atom is 0.416 e. The average molecular weight is 430 g/mol. The van der Waals surface area contributed by atoms with Gasteiger partial charge in [0.15, 0.2) is 0 Å². The molecule has 0 saturated carbocycles. The van der Waals surface area contributed by atoms with E-state index in [0.29, 0.717) is 40.5 Å². The zero-order valence-electron chi connectivity index (χ0n) is 16.8. The van der Waals surface area contributed by atoms with Crippen LogP contribution in [0.5, 0.6) is 17.2 Å². The second-order valence-electron chi connectivity index (χ2n) is 6.94. The highest BCUT2D eigenvalue weighted by Crippen LogP contribution is 2.34. The summed E-state index contributed by atoms with van der Waals surface area (Å²) in [5, 5.41) is 9.09. The van der Waals surface area contributed by atoms with E-state index in [1.54, 1.807) is 48.5 Å². The number of halogens is 3. The quantitative estimate of drug-likeness (QED) is 0.439. The molecular formula is C24H21F3O4. The van der Waals surface area contributed by atoms with Crippen molar-refractivity contribution in [3.63, 3.8) is 0 Å². The molecule has 0 bridgehead atoms. The summed E-state index contributed by atoms with van der Waals surface area (Å²) in [6.45, 7) is 2.43. The van der Waals surface area contributed by atoms with Gasteiger partial charge in [0.2, 0.25) is 0 Å². The molecule has 0 saturated heterocycles. The van der Waals surface area contributed by atoms with Gasteiger partial charge in [0.1, 0.15) is 17.2 Å². The topological polar surface area (TPSA) is 55.8 Å². The number of hydrogen-bond acceptors (Lipinski definition) is 3. The fraction of sp³-hybridized carbons (Fsp3) is 0.208. The number of alkyl halides is 3. The van der Waals surface area contributed by atoms with Gasteiger partial charge in [-0.3, -0.25) is 4.79 Å². The minimum absolute atomic E-state index is 0.191. The van der Waals surface area contributed by atoms with Crippen LogP contribution >= 0.6 is 0 Å². The summed E-state index contributed by atoms with van der Waals surface area (Å²) >= 11 is 0. The van der Waals surface area contributed by atoms with E-state index in [1.165, 1.54) is 6.07 Å². The van der Waals surface area contributed by atoms with E-state index >= 15 is 0 Å². The molecule has 0 radical (unpaired) electrons. The lowest BCUT2D eigenvalue weighted by Crippen LogP contribution is -2.04. The fourth-order valence-corrected chi connectivity index (χ4v) is 3.02. The van der Waals surface area contributed by atoms with E-state index in [4.69, 9.17) is 14.6 Å². The van der Waals surface area contributed by atoms with Crippen LogP contribution in [-0.2, 0) is 17.4 Å². The lowest BCUT2D eigenvalue weighted by molar-refractivity contribution is -0.138. The van der Waals surface area contributed by atoms with Gasteiger partial charge in [-0.25, -0.2) is 0 Å². The van der Waals surface area contributed by atoms with Crippen LogP contribution in [0.15, 0.2) is 66.7 Å². The predicted octanol–water partition coefficient (Wildman–Crippen LogP) is 6.58. The Bertz CT molecular complexity index is 1060. The van der Waals surface area contributed by atoms with Crippen molar-refractivity contribution in [1.82, 2.24) is 0 Å². The van der Waals surface area contributed by atoms with Crippen molar-refractivity contribution < 1.29 is 32.5 Å². The van der Waals surface area contributed by atoms with Crippen LogP contribution < -0.4 is 9.47 Å². The molecule has 162 valence electrons. The third-order valence-corrected chi connectivity index (χ3v) is 4.36. The predicted molar refractivity (Wildman–Crippen MR) is 111 cm³/mol. The first-order chi connectivity index (χ1) is 14.7. The van der Waals surface area contributed by atoms with Crippen LogP contribution in [-0.4, -0.2) is 17.7 Å². The van der Waals surface area contributed by atoms with Crippen molar-refractivity contribution in [1.29, 1.82) is 0 Å². The van der Waals surface area contributed by atoms with E-state index in [2.05, 4.69) is 0 Å². The molecule has 3 aromatic rings. The Hall–Kier alpha value is -3.48. The number of ether oxygens (including phenoxy) is 2. The Balaban J connectivity index is 1.89. The number of carbonyl (C=O) groups is 1. The Morgan fingerprint density at radius 2 is 1.58 bits per heavy atom. The molecular weight excluding hydrogens is 409 g/mol. The second kappa shape index (κ2) is 9.55. The summed E-state index contributed by atoms with van der Waals surface area (Å²) in [5.41, 5.74) is 0.764. The third kappa shape index (κ3) is 6.25. The van der Waals surface area contributed by atoms with Gasteiger partial charge in [0.25, 0.3) is 0 Å². The third-order valence-electron chi connectivity index (χ3n) is 4.36. The molecule has 0 aliphatic rings. The van der Waals surface area contributed by atoms with E-state index in [-0.39, 0.29) is 6.42 Å². The first-order valence-electron chi connectivity index (χ1n) is 9.68. The van der Waals surface area contributed by atoms with Crippen LogP contribution in [0.1, 0.15) is 24.5 Å². The Kier molecular flexibility index (Phi) is 6.84. The summed E-state index contributed by atoms with van der Waals surface area (Å²) in [6, 6.07) is 16.6. The second-order valence-corrected chi connectivity index (χ2v) is 6.94. The number of carboxylic acid groups (broad SMARTS) is 1. The molecule has 0 heterocycles. The molecule has 0 aliphatic heterocycles. The van der Waals surface area contributed by atoms with E-state index in [1.807, 2.05) is 6.92 Å². The molecule has 7 heteroatoms. The maximum absolute atomic E-state index is 13.0. The normalized spacial score (nSPS) is 11.2. The van der Waals surface area contributed by atoms with Gasteiger partial charge in [-0.1, -0.05) is 31.2 Å². The molecule has 1 N–H and O–H groups in total. The van der Waals surface area contributed by atoms with Crippen molar-refractivity contribution in [3.05, 3.63) is 77.9 Å². The lowest BCUT2D eigenvalue weighted by Gasteiger charge is -2.13. The monoisotopic (exact) mass is 430 g/mol. The van der Waals surface area contributed by atoms with E-state index < -0.39 is 17.7 Å². The SMILES string of the molecule is CCCOc1cc(CC(=O)O)cc(Oc2cccc(-c3cccc(C(F)(F)F)c3)c2)c1. The summed E-state index contributed by atoms with van der Waals surface area (Å²) < 4.78 is 50.6. The summed E-state index contributed by atoms with van der Waals surface area (Å²) in [5.74, 6) is 0.296. The fourth-order valence-electron chi connectivity index (χ4n) is 3.02. The number of carboxylic acids is 1. The molecule has 0 unspecified atom stereocenters. The zero-order chi connectivity index (χ0) is 22.4. The van der Waals surface area contributed by atoms with Crippen LogP contribution in [0, 0.1) is 0 Å². The van der Waals surface area contributed by atoms with Crippen LogP contribution in [0.25, 0.3) is 11.1 Å². The minimum Gasteiger partial charge on any atom is -0.493 e. The molecule has 0 aliphatic carbocycles. The molecule has 0 amide bonds. The lowest BCUT2D eigenvalue weighted by atomic mass is 10.0. The molecule has 0 atom stereocenters. The summed E-state index contributed by atoms with van der Waals surface area (Å²) in [6.07, 6.45) is -3.83. The number of hydrogen-bond donors (Lipinski definition) is 1. The highest BCUT2D eigenvalue weighted by atomic mass is 19.4. The van der Waals surface area contributed by atoms with Crippen LogP contribution in [0.2, 0.25) is 0 Å². The summed E-state index contributed by atoms with van der Waals surface area (Å²) in [7, 11) is 0. The Morgan fingerprint density at radius 1 is 0.903 bits per heavy atom. The highest BCUT2D eigenvalue weighted by Gasteiger charge is 2.30. The first-order valence-corrected chi connectivity index (χ1v) is 9.68. The average Bonchev–Trinajstić information content (AvgIpc) is 2.71. The molecule has 0 aromatic heterocycles. The highest BCUT2D eigenvalue weighted by molar-refractivity contribution is 5.71. The molecule has 0 fully saturated rings. The van der Waals surface area contributed by atoms with Gasteiger partial charge in [0.05, 0.1) is 18.6 Å². The minimum atomic E-state index is -4.43. The van der Waals surface area contributed by atoms with Gasteiger partial charge < -0.3 is 14.6 Å². The Labute approximate surface area is 177 Å². The van der Waals surface area contributed by atoms with Crippen molar-refractivity contribution in [2.75, 3.05) is 6.61 Å². The zero-order valence-corrected chi connectivity index (χ0v) is 16.8. The van der Waals surface area contributed by atoms with Gasteiger partial charge in [-0.05, 0) is 59.5 Å². The number of rotatable bonds is 8. The number of aliphatic carboxylic acids is 1. The van der Waals surface area contributed by atoms with Crippen molar-refractivity contribution in [2.24, 2.45) is 0 Å². The molecule has 0 spiro atoms. The molecule has 3 aromatic carbocycles. The largest absolute Gasteiger partial charge is 0.493 e. The Morgan fingerprint density at radius 3 is 2.26 bits per heavy atom. The standard InChI is InChI=1S/C24H21F3O4/c1-2-9-30-21-10-16(12-23(28)29)11-22(15-21)31-20-8-4-6-18(14-20)17-5-3-7-19(13-17)24(25,26)27/h3-8,10-11,13-15H,2,9,12H2,1H3,(H,28,29). The van der Waals surface area contributed by atoms with Crippen molar-refractivity contribution in [2.45, 2.75) is 25.9 Å². The van der Waals surface area contributed by atoms with Gasteiger partial charge in [-0.15, -0.1) is 0 Å². The van der Waals surface area contributed by atoms with Crippen LogP contribution in [0.4, 0.5) is 13.2 Å². The number of benzene rings is 3. The molecule has 31 heavy (non-hydrogen) atoms. The van der Waals surface area contributed by atoms with Gasteiger partial charge in [0, 0.05) is 6.07 Å². The van der Waals surface area contributed by atoms with Crippen molar-refractivity contribution in [3.8, 4) is 28.4 Å². The smallest absolute Gasteiger partial charge is 0.416 e. The molecule has 3 rings (SSSR count).